The van der Waals surface area contributed by atoms with Crippen molar-refractivity contribution in [1.29, 1.82) is 0 Å². The topological polar surface area (TPSA) is 78.1 Å². The molecule has 0 unspecified atom stereocenters. The lowest BCUT2D eigenvalue weighted by Crippen LogP contribution is -2.08. The molecule has 3 aromatic heterocycles. The van der Waals surface area contributed by atoms with Crippen molar-refractivity contribution in [1.82, 2.24) is 15.1 Å². The molecule has 8 heteroatoms. The number of rotatable bonds is 4. The number of aryl methyl sites for hydroxylation is 1. The molecule has 6 nitrogen and oxygen atoms in total. The number of carbonyl (C=O) groups is 1. The molecular weight excluding hydrogens is 374 g/mol. The van der Waals surface area contributed by atoms with Crippen molar-refractivity contribution in [3.05, 3.63) is 63.3 Å². The van der Waals surface area contributed by atoms with Crippen LogP contribution < -0.4 is 0 Å². The zero-order valence-electron chi connectivity index (χ0n) is 13.6. The van der Waals surface area contributed by atoms with Gasteiger partial charge in [0.2, 0.25) is 5.82 Å². The van der Waals surface area contributed by atoms with Gasteiger partial charge in [-0.1, -0.05) is 16.8 Å². The van der Waals surface area contributed by atoms with Crippen LogP contribution in [0, 0.1) is 6.92 Å². The lowest BCUT2D eigenvalue weighted by Gasteiger charge is -2.07. The Balaban J connectivity index is 1.51. The van der Waals surface area contributed by atoms with Crippen molar-refractivity contribution in [3.8, 4) is 11.4 Å². The number of ether oxygens (including phenoxy) is 1. The standard InChI is InChI=1S/C18H12ClN3O3S/c1-10-14(7-12-6-13(19)2-3-15(12)20-10)18(23)24-8-16-21-17(22-25-16)11-4-5-26-9-11/h2-7,9H,8H2,1H3. The lowest BCUT2D eigenvalue weighted by molar-refractivity contribution is 0.0428. The number of esters is 1. The molecule has 0 aliphatic carbocycles. The maximum atomic E-state index is 12.4. The van der Waals surface area contributed by atoms with Crippen molar-refractivity contribution in [2.24, 2.45) is 0 Å². The summed E-state index contributed by atoms with van der Waals surface area (Å²) in [6, 6.07) is 8.93. The Labute approximate surface area is 157 Å². The molecule has 26 heavy (non-hydrogen) atoms. The molecule has 0 fully saturated rings. The number of pyridine rings is 1. The first-order chi connectivity index (χ1) is 12.6. The van der Waals surface area contributed by atoms with Gasteiger partial charge >= 0.3 is 5.97 Å². The number of carbonyl (C=O) groups excluding carboxylic acids is 1. The first-order valence-electron chi connectivity index (χ1n) is 7.69. The second kappa shape index (κ2) is 6.86. The van der Waals surface area contributed by atoms with Crippen LogP contribution in [0.2, 0.25) is 5.02 Å². The van der Waals surface area contributed by atoms with Crippen LogP contribution in [0.15, 0.2) is 45.6 Å². The van der Waals surface area contributed by atoms with Gasteiger partial charge in [0.1, 0.15) is 0 Å². The van der Waals surface area contributed by atoms with Gasteiger partial charge in [-0.2, -0.15) is 16.3 Å². The van der Waals surface area contributed by atoms with Gasteiger partial charge in [0.05, 0.1) is 16.8 Å². The monoisotopic (exact) mass is 385 g/mol. The minimum Gasteiger partial charge on any atom is -0.452 e. The summed E-state index contributed by atoms with van der Waals surface area (Å²) < 4.78 is 10.4. The fourth-order valence-electron chi connectivity index (χ4n) is 2.48. The molecule has 130 valence electrons. The predicted molar refractivity (Wildman–Crippen MR) is 98.2 cm³/mol. The van der Waals surface area contributed by atoms with E-state index in [9.17, 15) is 4.79 Å². The summed E-state index contributed by atoms with van der Waals surface area (Å²) in [6.45, 7) is 1.65. The molecule has 0 radical (unpaired) electrons. The van der Waals surface area contributed by atoms with Crippen molar-refractivity contribution >= 4 is 39.8 Å². The Morgan fingerprint density at radius 1 is 1.27 bits per heavy atom. The number of hydrogen-bond donors (Lipinski definition) is 0. The summed E-state index contributed by atoms with van der Waals surface area (Å²) in [5.41, 5.74) is 2.58. The number of aromatic nitrogens is 3. The Morgan fingerprint density at radius 2 is 2.15 bits per heavy atom. The summed E-state index contributed by atoms with van der Waals surface area (Å²) >= 11 is 7.54. The minimum atomic E-state index is -0.507. The molecular formula is C18H12ClN3O3S. The van der Waals surface area contributed by atoms with E-state index in [1.54, 1.807) is 25.1 Å². The van der Waals surface area contributed by atoms with Crippen molar-refractivity contribution in [2.45, 2.75) is 13.5 Å². The third kappa shape index (κ3) is 3.31. The Morgan fingerprint density at radius 3 is 2.96 bits per heavy atom. The quantitative estimate of drug-likeness (QED) is 0.475. The van der Waals surface area contributed by atoms with E-state index in [0.717, 1.165) is 16.5 Å². The van der Waals surface area contributed by atoms with Gasteiger partial charge in [-0.05, 0) is 42.6 Å². The second-order valence-electron chi connectivity index (χ2n) is 5.56. The maximum Gasteiger partial charge on any atom is 0.340 e. The van der Waals surface area contributed by atoms with Crippen LogP contribution in [0.1, 0.15) is 21.9 Å². The SMILES string of the molecule is Cc1nc2ccc(Cl)cc2cc1C(=O)OCc1nc(-c2ccsc2)no1. The van der Waals surface area contributed by atoms with Crippen molar-refractivity contribution in [2.75, 3.05) is 0 Å². The fourth-order valence-corrected chi connectivity index (χ4v) is 3.29. The molecule has 0 saturated carbocycles. The summed E-state index contributed by atoms with van der Waals surface area (Å²) in [7, 11) is 0. The average Bonchev–Trinajstić information content (AvgIpc) is 3.30. The summed E-state index contributed by atoms with van der Waals surface area (Å²) in [4.78, 5) is 21.1. The first kappa shape index (κ1) is 16.7. The van der Waals surface area contributed by atoms with Crippen molar-refractivity contribution < 1.29 is 14.1 Å². The molecule has 4 rings (SSSR count). The van der Waals surface area contributed by atoms with Crippen LogP contribution in [-0.2, 0) is 11.3 Å². The summed E-state index contributed by atoms with van der Waals surface area (Å²) in [5, 5.41) is 9.07. The molecule has 0 bridgehead atoms. The molecule has 0 aliphatic heterocycles. The van der Waals surface area contributed by atoms with Crippen LogP contribution in [0.4, 0.5) is 0 Å². The van der Waals surface area contributed by atoms with Gasteiger partial charge in [-0.3, -0.25) is 4.98 Å². The normalized spacial score (nSPS) is 11.0. The third-order valence-corrected chi connectivity index (χ3v) is 4.68. The van der Waals surface area contributed by atoms with Gasteiger partial charge < -0.3 is 9.26 Å². The number of halogens is 1. The van der Waals surface area contributed by atoms with Gasteiger partial charge in [0.25, 0.3) is 5.89 Å². The van der Waals surface area contributed by atoms with E-state index in [2.05, 4.69) is 15.1 Å². The van der Waals surface area contributed by atoms with E-state index in [0.29, 0.717) is 22.1 Å². The van der Waals surface area contributed by atoms with Crippen LogP contribution in [0.3, 0.4) is 0 Å². The van der Waals surface area contributed by atoms with Crippen LogP contribution in [-0.4, -0.2) is 21.1 Å². The molecule has 0 saturated heterocycles. The van der Waals surface area contributed by atoms with E-state index in [1.165, 1.54) is 11.3 Å². The number of nitrogens with zero attached hydrogens (tertiary/aromatic N) is 3. The molecule has 0 amide bonds. The van der Waals surface area contributed by atoms with E-state index >= 15 is 0 Å². The average molecular weight is 386 g/mol. The number of thiophene rings is 1. The van der Waals surface area contributed by atoms with Gasteiger partial charge in [-0.25, -0.2) is 4.79 Å². The Bertz CT molecular complexity index is 1090. The highest BCUT2D eigenvalue weighted by Crippen LogP contribution is 2.22. The lowest BCUT2D eigenvalue weighted by atomic mass is 10.1. The Kier molecular flexibility index (Phi) is 4.40. The minimum absolute atomic E-state index is 0.108. The van der Waals surface area contributed by atoms with E-state index < -0.39 is 5.97 Å². The highest BCUT2D eigenvalue weighted by Gasteiger charge is 2.16. The zero-order valence-corrected chi connectivity index (χ0v) is 15.2. The number of hydrogen-bond acceptors (Lipinski definition) is 7. The largest absolute Gasteiger partial charge is 0.452 e. The molecule has 0 atom stereocenters. The fraction of sp³-hybridized carbons (Fsp3) is 0.111. The molecule has 1 aromatic carbocycles. The zero-order chi connectivity index (χ0) is 18.1. The van der Waals surface area contributed by atoms with E-state index in [1.807, 2.05) is 22.9 Å². The molecule has 4 aromatic rings. The van der Waals surface area contributed by atoms with Crippen LogP contribution in [0.5, 0.6) is 0 Å². The molecule has 0 spiro atoms. The van der Waals surface area contributed by atoms with Crippen LogP contribution >= 0.6 is 22.9 Å². The molecule has 0 N–H and O–H groups in total. The molecule has 3 heterocycles. The Hall–Kier alpha value is -2.77. The highest BCUT2D eigenvalue weighted by molar-refractivity contribution is 7.08. The van der Waals surface area contributed by atoms with Crippen molar-refractivity contribution in [3.63, 3.8) is 0 Å². The second-order valence-corrected chi connectivity index (χ2v) is 6.77. The predicted octanol–water partition coefficient (Wildman–Crippen LogP) is 4.67. The smallest absolute Gasteiger partial charge is 0.340 e. The van der Waals surface area contributed by atoms with Gasteiger partial charge in [0, 0.05) is 21.4 Å². The summed E-state index contributed by atoms with van der Waals surface area (Å²) in [5.74, 6) is 0.191. The van der Waals surface area contributed by atoms with E-state index in [4.69, 9.17) is 20.9 Å². The van der Waals surface area contributed by atoms with Gasteiger partial charge in [-0.15, -0.1) is 0 Å². The van der Waals surface area contributed by atoms with Crippen LogP contribution in [0.25, 0.3) is 22.3 Å². The van der Waals surface area contributed by atoms with E-state index in [-0.39, 0.29) is 12.5 Å². The third-order valence-electron chi connectivity index (χ3n) is 3.76. The first-order valence-corrected chi connectivity index (χ1v) is 9.01. The van der Waals surface area contributed by atoms with Gasteiger partial charge in [0.15, 0.2) is 6.61 Å². The summed E-state index contributed by atoms with van der Waals surface area (Å²) in [6.07, 6.45) is 0. The highest BCUT2D eigenvalue weighted by atomic mass is 35.5. The molecule has 0 aliphatic rings. The number of fused-ring (bicyclic) bond motifs is 1. The number of benzene rings is 1. The maximum absolute atomic E-state index is 12.4.